The maximum atomic E-state index is 12.2. The van der Waals surface area contributed by atoms with Crippen molar-refractivity contribution in [2.45, 2.75) is 0 Å². The predicted octanol–water partition coefficient (Wildman–Crippen LogP) is 0.821. The summed E-state index contributed by atoms with van der Waals surface area (Å²) in [5, 5.41) is 0.365. The Morgan fingerprint density at radius 2 is 1.72 bits per heavy atom. The molecule has 0 saturated heterocycles. The van der Waals surface area contributed by atoms with E-state index in [0.717, 1.165) is 12.5 Å². The molecule has 0 saturated carbocycles. The van der Waals surface area contributed by atoms with E-state index in [-0.39, 0.29) is 22.4 Å². The molecule has 9 nitrogen and oxygen atoms in total. The molecule has 0 fully saturated rings. The summed E-state index contributed by atoms with van der Waals surface area (Å²) < 4.78 is 24.6. The molecule has 0 atom stereocenters. The van der Waals surface area contributed by atoms with Crippen molar-refractivity contribution in [2.75, 3.05) is 11.0 Å². The standard InChI is InChI=1S/C15H11N3O6S/c1-25(22,23)17-10-6-9(7-16-8-10)15(21)24-18-13(19)11-4-2-3-5-12(11)14(18)20/h2-8,17H,1H3. The first kappa shape index (κ1) is 16.6. The van der Waals surface area contributed by atoms with Crippen LogP contribution in [0.15, 0.2) is 42.7 Å². The third-order valence-electron chi connectivity index (χ3n) is 3.21. The van der Waals surface area contributed by atoms with Crippen LogP contribution in [0.2, 0.25) is 0 Å². The summed E-state index contributed by atoms with van der Waals surface area (Å²) >= 11 is 0. The zero-order chi connectivity index (χ0) is 18.2. The minimum atomic E-state index is -3.56. The first-order chi connectivity index (χ1) is 11.8. The zero-order valence-corrected chi connectivity index (χ0v) is 13.6. The van der Waals surface area contributed by atoms with Gasteiger partial charge in [-0.2, -0.15) is 0 Å². The van der Waals surface area contributed by atoms with E-state index in [1.54, 1.807) is 12.1 Å². The second kappa shape index (κ2) is 5.98. The van der Waals surface area contributed by atoms with Gasteiger partial charge in [0, 0.05) is 6.20 Å². The average molecular weight is 361 g/mol. The number of pyridine rings is 1. The topological polar surface area (TPSA) is 123 Å². The second-order valence-electron chi connectivity index (χ2n) is 5.17. The lowest BCUT2D eigenvalue weighted by atomic mass is 10.1. The number of carbonyl (C=O) groups excluding carboxylic acids is 3. The van der Waals surface area contributed by atoms with Crippen LogP contribution in [0.5, 0.6) is 0 Å². The maximum absolute atomic E-state index is 12.2. The Labute approximate surface area is 142 Å². The van der Waals surface area contributed by atoms with Gasteiger partial charge >= 0.3 is 5.97 Å². The van der Waals surface area contributed by atoms with Crippen LogP contribution in [0.4, 0.5) is 5.69 Å². The molecule has 2 amide bonds. The number of hydrogen-bond donors (Lipinski definition) is 1. The fourth-order valence-electron chi connectivity index (χ4n) is 2.21. The van der Waals surface area contributed by atoms with Gasteiger partial charge in [0.05, 0.1) is 34.8 Å². The summed E-state index contributed by atoms with van der Waals surface area (Å²) in [6.07, 6.45) is 3.25. The van der Waals surface area contributed by atoms with Gasteiger partial charge in [-0.25, -0.2) is 13.2 Å². The number of aromatic nitrogens is 1. The van der Waals surface area contributed by atoms with Crippen molar-refractivity contribution in [1.82, 2.24) is 10.0 Å². The number of imide groups is 1. The normalized spacial score (nSPS) is 13.6. The molecular weight excluding hydrogens is 350 g/mol. The molecule has 1 N–H and O–H groups in total. The number of nitrogens with one attached hydrogen (secondary N) is 1. The van der Waals surface area contributed by atoms with Crippen molar-refractivity contribution >= 4 is 33.5 Å². The number of anilines is 1. The third kappa shape index (κ3) is 3.33. The van der Waals surface area contributed by atoms with Gasteiger partial charge in [0.2, 0.25) is 10.0 Å². The van der Waals surface area contributed by atoms with Crippen molar-refractivity contribution in [3.8, 4) is 0 Å². The fraction of sp³-hybridized carbons (Fsp3) is 0.0667. The van der Waals surface area contributed by atoms with Gasteiger partial charge in [0.25, 0.3) is 11.8 Å². The molecule has 0 radical (unpaired) electrons. The van der Waals surface area contributed by atoms with Crippen molar-refractivity contribution < 1.29 is 27.6 Å². The fourth-order valence-corrected chi connectivity index (χ4v) is 2.75. The Balaban J connectivity index is 1.81. The lowest BCUT2D eigenvalue weighted by Gasteiger charge is -2.13. The monoisotopic (exact) mass is 361 g/mol. The summed E-state index contributed by atoms with van der Waals surface area (Å²) in [6.45, 7) is 0. The molecule has 1 aliphatic heterocycles. The molecule has 2 heterocycles. The number of amides is 2. The number of benzene rings is 1. The first-order valence-corrected chi connectivity index (χ1v) is 8.78. The highest BCUT2D eigenvalue weighted by Crippen LogP contribution is 2.23. The highest BCUT2D eigenvalue weighted by molar-refractivity contribution is 7.92. The third-order valence-corrected chi connectivity index (χ3v) is 3.81. The van der Waals surface area contributed by atoms with Gasteiger partial charge in [0.15, 0.2) is 0 Å². The Kier molecular flexibility index (Phi) is 3.97. The summed E-state index contributed by atoms with van der Waals surface area (Å²) in [6, 6.07) is 7.23. The van der Waals surface area contributed by atoms with Gasteiger partial charge in [0.1, 0.15) is 0 Å². The van der Waals surface area contributed by atoms with Crippen LogP contribution in [0.3, 0.4) is 0 Å². The van der Waals surface area contributed by atoms with Gasteiger partial charge in [-0.3, -0.25) is 19.3 Å². The van der Waals surface area contributed by atoms with Crippen LogP contribution in [0, 0.1) is 0 Å². The van der Waals surface area contributed by atoms with Crippen LogP contribution in [-0.2, 0) is 14.9 Å². The zero-order valence-electron chi connectivity index (χ0n) is 12.8. The minimum absolute atomic E-state index is 0.0410. The SMILES string of the molecule is CS(=O)(=O)Nc1cncc(C(=O)ON2C(=O)c3ccccc3C2=O)c1. The van der Waals surface area contributed by atoms with Crippen LogP contribution >= 0.6 is 0 Å². The number of hydrogen-bond acceptors (Lipinski definition) is 7. The number of nitrogens with zero attached hydrogens (tertiary/aromatic N) is 2. The van der Waals surface area contributed by atoms with E-state index in [4.69, 9.17) is 4.84 Å². The van der Waals surface area contributed by atoms with E-state index < -0.39 is 27.8 Å². The van der Waals surface area contributed by atoms with Crippen molar-refractivity contribution in [1.29, 1.82) is 0 Å². The van der Waals surface area contributed by atoms with E-state index in [0.29, 0.717) is 5.06 Å². The van der Waals surface area contributed by atoms with Gasteiger partial charge < -0.3 is 4.84 Å². The van der Waals surface area contributed by atoms with E-state index in [1.165, 1.54) is 24.4 Å². The quantitative estimate of drug-likeness (QED) is 0.800. The van der Waals surface area contributed by atoms with Crippen LogP contribution in [0.1, 0.15) is 31.1 Å². The Hall–Kier alpha value is -3.27. The molecule has 128 valence electrons. The lowest BCUT2D eigenvalue weighted by Crippen LogP contribution is -2.32. The maximum Gasteiger partial charge on any atom is 0.365 e. The Bertz CT molecular complexity index is 967. The molecule has 2 aromatic rings. The molecule has 25 heavy (non-hydrogen) atoms. The first-order valence-electron chi connectivity index (χ1n) is 6.89. The van der Waals surface area contributed by atoms with Crippen LogP contribution < -0.4 is 4.72 Å². The predicted molar refractivity (Wildman–Crippen MR) is 85.1 cm³/mol. The largest absolute Gasteiger partial charge is 0.365 e. The van der Waals surface area contributed by atoms with Crippen LogP contribution in [0.25, 0.3) is 0 Å². The molecule has 0 unspecified atom stereocenters. The second-order valence-corrected chi connectivity index (χ2v) is 6.91. The molecule has 10 heteroatoms. The smallest absolute Gasteiger partial charge is 0.324 e. The number of rotatable bonds is 4. The highest BCUT2D eigenvalue weighted by atomic mass is 32.2. The van der Waals surface area contributed by atoms with E-state index in [9.17, 15) is 22.8 Å². The van der Waals surface area contributed by atoms with E-state index in [1.807, 2.05) is 0 Å². The van der Waals surface area contributed by atoms with Gasteiger partial charge in [-0.15, -0.1) is 0 Å². The van der Waals surface area contributed by atoms with E-state index >= 15 is 0 Å². The molecule has 0 spiro atoms. The Morgan fingerprint density at radius 3 is 2.28 bits per heavy atom. The molecule has 3 rings (SSSR count). The van der Waals surface area contributed by atoms with Crippen molar-refractivity contribution in [3.63, 3.8) is 0 Å². The molecule has 0 aliphatic carbocycles. The van der Waals surface area contributed by atoms with Gasteiger partial charge in [-0.05, 0) is 18.2 Å². The summed E-state index contributed by atoms with van der Waals surface area (Å²) in [5.41, 5.74) is 0.168. The lowest BCUT2D eigenvalue weighted by molar-refractivity contribution is -0.0584. The average Bonchev–Trinajstić information content (AvgIpc) is 2.79. The molecular formula is C15H11N3O6S. The Morgan fingerprint density at radius 1 is 1.12 bits per heavy atom. The summed E-state index contributed by atoms with van der Waals surface area (Å²) in [7, 11) is -3.56. The number of carbonyl (C=O) groups is 3. The number of hydroxylamine groups is 2. The summed E-state index contributed by atoms with van der Waals surface area (Å²) in [5.74, 6) is -2.54. The van der Waals surface area contributed by atoms with Crippen LogP contribution in [-0.4, -0.2) is 42.5 Å². The molecule has 1 aromatic carbocycles. The molecule has 1 aromatic heterocycles. The number of sulfonamides is 1. The van der Waals surface area contributed by atoms with Crippen molar-refractivity contribution in [3.05, 3.63) is 59.4 Å². The molecule has 0 bridgehead atoms. The molecule has 1 aliphatic rings. The number of fused-ring (bicyclic) bond motifs is 1. The highest BCUT2D eigenvalue weighted by Gasteiger charge is 2.38. The van der Waals surface area contributed by atoms with E-state index in [2.05, 4.69) is 9.71 Å². The summed E-state index contributed by atoms with van der Waals surface area (Å²) in [4.78, 5) is 45.1. The minimum Gasteiger partial charge on any atom is -0.324 e. The van der Waals surface area contributed by atoms with Gasteiger partial charge in [-0.1, -0.05) is 17.2 Å². The van der Waals surface area contributed by atoms with Crippen molar-refractivity contribution in [2.24, 2.45) is 0 Å².